The number of phenols is 1. The molecule has 0 fully saturated rings. The van der Waals surface area contributed by atoms with Crippen molar-refractivity contribution in [2.45, 2.75) is 62.7 Å². The van der Waals surface area contributed by atoms with Crippen LogP contribution in [0.4, 0.5) is 0 Å². The van der Waals surface area contributed by atoms with Crippen LogP contribution in [0.15, 0.2) is 67.3 Å². The second-order valence-electron chi connectivity index (χ2n) is 11.1. The van der Waals surface area contributed by atoms with Crippen LogP contribution >= 0.6 is 0 Å². The lowest BCUT2D eigenvalue weighted by Gasteiger charge is -2.25. The number of fused-ring (bicyclic) bond motifs is 1. The molecule has 46 heavy (non-hydrogen) atoms. The highest BCUT2D eigenvalue weighted by Gasteiger charge is 2.31. The van der Waals surface area contributed by atoms with E-state index in [1.807, 2.05) is 24.3 Å². The summed E-state index contributed by atoms with van der Waals surface area (Å²) in [6.45, 7) is 0.394. The lowest BCUT2D eigenvalue weighted by Crippen LogP contribution is -2.58. The Morgan fingerprint density at radius 3 is 2.22 bits per heavy atom. The van der Waals surface area contributed by atoms with Crippen molar-refractivity contribution in [1.29, 1.82) is 0 Å². The minimum atomic E-state index is -1.32. The predicted octanol–water partition coefficient (Wildman–Crippen LogP) is 0.620. The largest absolute Gasteiger partial charge is 0.508 e. The normalized spacial score (nSPS) is 13.8. The molecule has 0 bridgehead atoms. The number of unbranched alkanes of at least 4 members (excludes halogenated alkanes) is 1. The van der Waals surface area contributed by atoms with E-state index < -0.39 is 47.9 Å². The molecule has 4 atom stereocenters. The van der Waals surface area contributed by atoms with Crippen LogP contribution in [-0.2, 0) is 38.4 Å². The van der Waals surface area contributed by atoms with Gasteiger partial charge in [-0.15, -0.1) is 0 Å². The lowest BCUT2D eigenvalue weighted by molar-refractivity contribution is -0.142. The van der Waals surface area contributed by atoms with E-state index in [0.29, 0.717) is 30.6 Å². The Hall–Kier alpha value is -5.21. The highest BCUT2D eigenvalue weighted by molar-refractivity contribution is 5.95. The highest BCUT2D eigenvalue weighted by atomic mass is 16.4. The first-order valence-corrected chi connectivity index (χ1v) is 15.0. The number of imidazole rings is 1. The number of aromatic amines is 2. The van der Waals surface area contributed by atoms with Crippen LogP contribution in [0.25, 0.3) is 10.9 Å². The number of nitrogens with two attached hydrogens (primary N) is 2. The van der Waals surface area contributed by atoms with Crippen LogP contribution in [0, 0.1) is 0 Å². The summed E-state index contributed by atoms with van der Waals surface area (Å²) in [5.41, 5.74) is 14.6. The number of nitrogens with one attached hydrogen (secondary N) is 5. The van der Waals surface area contributed by atoms with E-state index in [4.69, 9.17) is 11.5 Å². The Labute approximate surface area is 265 Å². The summed E-state index contributed by atoms with van der Waals surface area (Å²) in [6.07, 6.45) is 6.29. The second-order valence-corrected chi connectivity index (χ2v) is 11.1. The van der Waals surface area contributed by atoms with Gasteiger partial charge in [-0.3, -0.25) is 14.4 Å². The van der Waals surface area contributed by atoms with Crippen molar-refractivity contribution in [2.75, 3.05) is 6.54 Å². The Bertz CT molecular complexity index is 1600. The lowest BCUT2D eigenvalue weighted by atomic mass is 10.0. The predicted molar refractivity (Wildman–Crippen MR) is 170 cm³/mol. The van der Waals surface area contributed by atoms with E-state index >= 15 is 0 Å². The first-order valence-electron chi connectivity index (χ1n) is 15.0. The molecule has 0 radical (unpaired) electrons. The number of aromatic hydroxyl groups is 1. The number of carboxylic acids is 1. The Balaban J connectivity index is 1.54. The van der Waals surface area contributed by atoms with Crippen molar-refractivity contribution in [3.63, 3.8) is 0 Å². The molecule has 14 nitrogen and oxygen atoms in total. The molecular formula is C32H40N8O6. The zero-order valence-electron chi connectivity index (χ0n) is 25.2. The number of hydrogen-bond donors (Lipinski definition) is 9. The number of nitrogens with zero attached hydrogens (tertiary/aromatic N) is 1. The van der Waals surface area contributed by atoms with Crippen LogP contribution in [0.3, 0.4) is 0 Å². The van der Waals surface area contributed by atoms with Gasteiger partial charge in [0.2, 0.25) is 17.7 Å². The molecule has 0 spiro atoms. The standard InChI is InChI=1S/C32H40N8O6/c33-12-4-3-7-26(38-29(42)24(34)15-21-17-35-18-37-21)30(43)39-27(14-20-16-36-25-6-2-1-5-23(20)25)31(44)40-28(32(45)46)13-19-8-10-22(41)11-9-19/h1-2,5-6,8-11,16-18,24,26-28,36,41H,3-4,7,12-15,33-34H2,(H,35,37)(H,38,42)(H,39,43)(H,40,44)(H,45,46). The number of carbonyl (C=O) groups excluding carboxylic acids is 3. The van der Waals surface area contributed by atoms with Gasteiger partial charge in [-0.2, -0.15) is 0 Å². The Morgan fingerprint density at radius 2 is 1.52 bits per heavy atom. The number of hydrogen-bond acceptors (Lipinski definition) is 8. The molecule has 0 aliphatic carbocycles. The molecule has 2 heterocycles. The van der Waals surface area contributed by atoms with E-state index in [-0.39, 0.29) is 31.4 Å². The van der Waals surface area contributed by atoms with Crippen molar-refractivity contribution in [3.05, 3.63) is 84.1 Å². The van der Waals surface area contributed by atoms with Crippen molar-refractivity contribution in [1.82, 2.24) is 30.9 Å². The summed E-state index contributed by atoms with van der Waals surface area (Å²) in [5.74, 6) is -3.13. The summed E-state index contributed by atoms with van der Waals surface area (Å²) in [6, 6.07) is 8.93. The molecule has 0 aliphatic heterocycles. The molecule has 2 aromatic carbocycles. The third-order valence-electron chi connectivity index (χ3n) is 7.63. The average Bonchev–Trinajstić information content (AvgIpc) is 3.71. The summed E-state index contributed by atoms with van der Waals surface area (Å²) in [4.78, 5) is 62.6. The van der Waals surface area contributed by atoms with Gasteiger partial charge in [-0.1, -0.05) is 30.3 Å². The molecule has 11 N–H and O–H groups in total. The van der Waals surface area contributed by atoms with Crippen molar-refractivity contribution < 1.29 is 29.4 Å². The van der Waals surface area contributed by atoms with Gasteiger partial charge >= 0.3 is 5.97 Å². The minimum Gasteiger partial charge on any atom is -0.508 e. The van der Waals surface area contributed by atoms with Gasteiger partial charge in [0, 0.05) is 48.3 Å². The number of H-pyrrole nitrogens is 2. The molecule has 4 unspecified atom stereocenters. The monoisotopic (exact) mass is 632 g/mol. The van der Waals surface area contributed by atoms with Crippen LogP contribution < -0.4 is 27.4 Å². The minimum absolute atomic E-state index is 0.0246. The van der Waals surface area contributed by atoms with Crippen molar-refractivity contribution in [2.24, 2.45) is 11.5 Å². The third kappa shape index (κ3) is 9.39. The van der Waals surface area contributed by atoms with Gasteiger partial charge in [0.05, 0.1) is 12.4 Å². The van der Waals surface area contributed by atoms with Crippen molar-refractivity contribution in [3.8, 4) is 5.75 Å². The number of carboxylic acid groups (broad SMARTS) is 1. The fourth-order valence-electron chi connectivity index (χ4n) is 5.11. The molecule has 0 aliphatic rings. The molecule has 4 aromatic rings. The van der Waals surface area contributed by atoms with Crippen LogP contribution in [0.2, 0.25) is 0 Å². The van der Waals surface area contributed by atoms with Gasteiger partial charge in [-0.05, 0) is 55.1 Å². The molecule has 3 amide bonds. The fourth-order valence-corrected chi connectivity index (χ4v) is 5.11. The maximum absolute atomic E-state index is 13.7. The van der Waals surface area contributed by atoms with Gasteiger partial charge in [0.15, 0.2) is 0 Å². The number of carbonyl (C=O) groups is 4. The summed E-state index contributed by atoms with van der Waals surface area (Å²) in [5, 5.41) is 28.4. The summed E-state index contributed by atoms with van der Waals surface area (Å²) < 4.78 is 0. The van der Waals surface area contributed by atoms with E-state index in [1.165, 1.54) is 18.5 Å². The number of benzene rings is 2. The SMILES string of the molecule is NCCCCC(NC(=O)C(N)Cc1cnc[nH]1)C(=O)NC(Cc1c[nH]c2ccccc12)C(=O)NC(Cc1ccc(O)cc1)C(=O)O. The number of aromatic nitrogens is 3. The molecule has 4 rings (SSSR count). The van der Waals surface area contributed by atoms with Gasteiger partial charge in [0.25, 0.3) is 0 Å². The summed E-state index contributed by atoms with van der Waals surface area (Å²) in [7, 11) is 0. The maximum atomic E-state index is 13.7. The van der Waals surface area contributed by atoms with Crippen molar-refractivity contribution >= 4 is 34.6 Å². The number of aliphatic carboxylic acids is 1. The van der Waals surface area contributed by atoms with E-state index in [1.54, 1.807) is 24.5 Å². The van der Waals surface area contributed by atoms with E-state index in [9.17, 15) is 29.4 Å². The zero-order chi connectivity index (χ0) is 33.1. The topological polar surface area (TPSA) is 241 Å². The van der Waals surface area contributed by atoms with Crippen LogP contribution in [0.5, 0.6) is 5.75 Å². The van der Waals surface area contributed by atoms with Gasteiger partial charge < -0.3 is 47.6 Å². The van der Waals surface area contributed by atoms with Gasteiger partial charge in [-0.25, -0.2) is 9.78 Å². The van der Waals surface area contributed by atoms with E-state index in [0.717, 1.165) is 16.5 Å². The number of amides is 3. The van der Waals surface area contributed by atoms with Gasteiger partial charge in [0.1, 0.15) is 23.9 Å². The Morgan fingerprint density at radius 1 is 0.826 bits per heavy atom. The second kappa shape index (κ2) is 16.2. The average molecular weight is 633 g/mol. The Kier molecular flexibility index (Phi) is 11.9. The van der Waals surface area contributed by atoms with Crippen LogP contribution in [-0.4, -0.2) is 79.6 Å². The molecule has 0 saturated carbocycles. The molecular weight excluding hydrogens is 592 g/mol. The zero-order valence-corrected chi connectivity index (χ0v) is 25.2. The number of phenolic OH excluding ortho intramolecular Hbond substituents is 1. The first-order chi connectivity index (χ1) is 22.1. The quantitative estimate of drug-likeness (QED) is 0.0740. The van der Waals surface area contributed by atoms with Crippen LogP contribution in [0.1, 0.15) is 36.1 Å². The number of para-hydroxylation sites is 1. The molecule has 2 aromatic heterocycles. The highest BCUT2D eigenvalue weighted by Crippen LogP contribution is 2.20. The maximum Gasteiger partial charge on any atom is 0.326 e. The number of rotatable bonds is 17. The fraction of sp³-hybridized carbons (Fsp3) is 0.344. The van der Waals surface area contributed by atoms with E-state index in [2.05, 4.69) is 30.9 Å². The molecule has 244 valence electrons. The molecule has 0 saturated heterocycles. The summed E-state index contributed by atoms with van der Waals surface area (Å²) >= 11 is 0. The molecule has 14 heteroatoms. The smallest absolute Gasteiger partial charge is 0.326 e. The first kappa shape index (κ1) is 33.7. The third-order valence-corrected chi connectivity index (χ3v) is 7.63.